The third-order valence-electron chi connectivity index (χ3n) is 3.04. The van der Waals surface area contributed by atoms with Crippen LogP contribution >= 0.6 is 11.3 Å². The van der Waals surface area contributed by atoms with Gasteiger partial charge in [0.05, 0.1) is 11.3 Å². The van der Waals surface area contributed by atoms with Crippen molar-refractivity contribution < 1.29 is 9.90 Å². The summed E-state index contributed by atoms with van der Waals surface area (Å²) in [5, 5.41) is 20.7. The number of aromatic carboxylic acids is 1. The number of aromatic nitrogens is 2. The summed E-state index contributed by atoms with van der Waals surface area (Å²) in [6.45, 7) is 0.602. The molecular formula is C15H13N3O2S. The molecule has 3 aromatic rings. The molecule has 5 nitrogen and oxygen atoms in total. The largest absolute Gasteiger partial charge is 0.478 e. The molecule has 0 aliphatic carbocycles. The monoisotopic (exact) mass is 299 g/mol. The van der Waals surface area contributed by atoms with Crippen LogP contribution in [0, 0.1) is 0 Å². The number of anilines is 1. The molecule has 2 heterocycles. The maximum atomic E-state index is 10.8. The lowest BCUT2D eigenvalue weighted by Gasteiger charge is -2.06. The first-order valence-electron chi connectivity index (χ1n) is 6.37. The van der Waals surface area contributed by atoms with Gasteiger partial charge in [0.15, 0.2) is 0 Å². The Hall–Kier alpha value is -2.60. The SMILES string of the molecule is O=C(O)c1csc(CNc2cccc(-c3ccn[nH]3)c2)c1. The van der Waals surface area contributed by atoms with Crippen LogP contribution in [0.25, 0.3) is 11.3 Å². The van der Waals surface area contributed by atoms with E-state index in [1.165, 1.54) is 11.3 Å². The molecule has 0 unspecified atom stereocenters. The zero-order valence-corrected chi connectivity index (χ0v) is 11.9. The Balaban J connectivity index is 1.70. The van der Waals surface area contributed by atoms with Crippen LogP contribution in [-0.2, 0) is 6.54 Å². The number of benzene rings is 1. The summed E-state index contributed by atoms with van der Waals surface area (Å²) >= 11 is 1.44. The average molecular weight is 299 g/mol. The van der Waals surface area contributed by atoms with Gasteiger partial charge in [0.25, 0.3) is 0 Å². The molecule has 2 aromatic heterocycles. The minimum absolute atomic E-state index is 0.336. The van der Waals surface area contributed by atoms with Gasteiger partial charge in [-0.2, -0.15) is 5.10 Å². The number of rotatable bonds is 5. The van der Waals surface area contributed by atoms with Crippen molar-refractivity contribution >= 4 is 23.0 Å². The summed E-state index contributed by atoms with van der Waals surface area (Å²) < 4.78 is 0. The molecule has 3 N–H and O–H groups in total. The fourth-order valence-electron chi connectivity index (χ4n) is 1.99. The number of nitrogens with one attached hydrogen (secondary N) is 2. The second-order valence-electron chi connectivity index (χ2n) is 4.51. The van der Waals surface area contributed by atoms with Crippen LogP contribution in [0.15, 0.2) is 48.0 Å². The predicted molar refractivity (Wildman–Crippen MR) is 82.6 cm³/mol. The van der Waals surface area contributed by atoms with E-state index in [1.54, 1.807) is 17.6 Å². The molecule has 0 bridgehead atoms. The smallest absolute Gasteiger partial charge is 0.336 e. The van der Waals surface area contributed by atoms with Crippen LogP contribution in [0.4, 0.5) is 5.69 Å². The van der Waals surface area contributed by atoms with Crippen LogP contribution in [0.5, 0.6) is 0 Å². The highest BCUT2D eigenvalue weighted by Crippen LogP contribution is 2.22. The Morgan fingerprint density at radius 2 is 2.24 bits per heavy atom. The summed E-state index contributed by atoms with van der Waals surface area (Å²) in [6, 6.07) is 11.6. The Bertz CT molecular complexity index is 750. The normalized spacial score (nSPS) is 10.5. The fraction of sp³-hybridized carbons (Fsp3) is 0.0667. The molecule has 21 heavy (non-hydrogen) atoms. The van der Waals surface area contributed by atoms with E-state index < -0.39 is 5.97 Å². The molecule has 0 aliphatic rings. The number of carbonyl (C=O) groups is 1. The lowest BCUT2D eigenvalue weighted by atomic mass is 10.1. The van der Waals surface area contributed by atoms with E-state index in [2.05, 4.69) is 15.5 Å². The van der Waals surface area contributed by atoms with Gasteiger partial charge in [0.2, 0.25) is 0 Å². The highest BCUT2D eigenvalue weighted by molar-refractivity contribution is 7.10. The standard InChI is InChI=1S/C15H13N3O2S/c19-15(20)11-7-13(21-9-11)8-16-12-3-1-2-10(6-12)14-4-5-17-18-14/h1-7,9,16H,8H2,(H,17,18)(H,19,20). The van der Waals surface area contributed by atoms with E-state index in [4.69, 9.17) is 5.11 Å². The molecule has 0 atom stereocenters. The van der Waals surface area contributed by atoms with E-state index in [-0.39, 0.29) is 0 Å². The number of hydrogen-bond donors (Lipinski definition) is 3. The molecule has 0 saturated carbocycles. The number of thiophene rings is 1. The van der Waals surface area contributed by atoms with Crippen LogP contribution in [0.2, 0.25) is 0 Å². The van der Waals surface area contributed by atoms with Crippen molar-refractivity contribution in [1.82, 2.24) is 10.2 Å². The second-order valence-corrected chi connectivity index (χ2v) is 5.51. The molecule has 0 saturated heterocycles. The van der Waals surface area contributed by atoms with Gasteiger partial charge < -0.3 is 10.4 Å². The van der Waals surface area contributed by atoms with Gasteiger partial charge in [0, 0.05) is 34.2 Å². The van der Waals surface area contributed by atoms with E-state index in [1.807, 2.05) is 30.3 Å². The van der Waals surface area contributed by atoms with Crippen molar-refractivity contribution in [3.63, 3.8) is 0 Å². The molecule has 3 rings (SSSR count). The van der Waals surface area contributed by atoms with Crippen molar-refractivity contribution in [2.45, 2.75) is 6.54 Å². The first-order valence-corrected chi connectivity index (χ1v) is 7.25. The van der Waals surface area contributed by atoms with Crippen molar-refractivity contribution in [2.75, 3.05) is 5.32 Å². The van der Waals surface area contributed by atoms with E-state index >= 15 is 0 Å². The van der Waals surface area contributed by atoms with Crippen LogP contribution in [-0.4, -0.2) is 21.3 Å². The van der Waals surface area contributed by atoms with E-state index in [0.717, 1.165) is 21.8 Å². The predicted octanol–water partition coefficient (Wildman–Crippen LogP) is 3.45. The van der Waals surface area contributed by atoms with Crippen molar-refractivity contribution in [3.05, 3.63) is 58.4 Å². The Labute approximate surface area is 125 Å². The maximum Gasteiger partial charge on any atom is 0.336 e. The van der Waals surface area contributed by atoms with Gasteiger partial charge in [0.1, 0.15) is 0 Å². The first-order chi connectivity index (χ1) is 10.2. The van der Waals surface area contributed by atoms with Crippen molar-refractivity contribution in [1.29, 1.82) is 0 Å². The lowest BCUT2D eigenvalue weighted by molar-refractivity contribution is 0.0697. The minimum atomic E-state index is -0.890. The zero-order chi connectivity index (χ0) is 14.7. The number of H-pyrrole nitrogens is 1. The van der Waals surface area contributed by atoms with E-state index in [0.29, 0.717) is 12.1 Å². The summed E-state index contributed by atoms with van der Waals surface area (Å²) in [5.74, 6) is -0.890. The molecule has 106 valence electrons. The fourth-order valence-corrected chi connectivity index (χ4v) is 2.79. The highest BCUT2D eigenvalue weighted by Gasteiger charge is 2.06. The molecule has 6 heteroatoms. The molecular weight excluding hydrogens is 286 g/mol. The Morgan fingerprint density at radius 1 is 1.33 bits per heavy atom. The molecule has 0 amide bonds. The molecule has 0 spiro atoms. The number of hydrogen-bond acceptors (Lipinski definition) is 4. The average Bonchev–Trinajstić information content (AvgIpc) is 3.17. The number of aromatic amines is 1. The lowest BCUT2D eigenvalue weighted by Crippen LogP contribution is -1.98. The number of carboxylic acid groups (broad SMARTS) is 1. The van der Waals surface area contributed by atoms with Crippen LogP contribution in [0.1, 0.15) is 15.2 Å². The first kappa shape index (κ1) is 13.4. The summed E-state index contributed by atoms with van der Waals surface area (Å²) in [7, 11) is 0. The Morgan fingerprint density at radius 3 is 2.95 bits per heavy atom. The number of nitrogens with zero attached hydrogens (tertiary/aromatic N) is 1. The van der Waals surface area contributed by atoms with Gasteiger partial charge in [-0.15, -0.1) is 11.3 Å². The van der Waals surface area contributed by atoms with Crippen molar-refractivity contribution in [3.8, 4) is 11.3 Å². The second kappa shape index (κ2) is 5.80. The molecule has 0 fully saturated rings. The Kier molecular flexibility index (Phi) is 3.70. The third-order valence-corrected chi connectivity index (χ3v) is 3.98. The molecule has 1 aromatic carbocycles. The summed E-state index contributed by atoms with van der Waals surface area (Å²) in [5.41, 5.74) is 3.33. The van der Waals surface area contributed by atoms with Crippen molar-refractivity contribution in [2.24, 2.45) is 0 Å². The topological polar surface area (TPSA) is 78.0 Å². The molecule has 0 aliphatic heterocycles. The summed E-state index contributed by atoms with van der Waals surface area (Å²) in [4.78, 5) is 11.8. The van der Waals surface area contributed by atoms with Gasteiger partial charge in [-0.25, -0.2) is 4.79 Å². The van der Waals surface area contributed by atoms with E-state index in [9.17, 15) is 4.79 Å². The number of carboxylic acids is 1. The van der Waals surface area contributed by atoms with Gasteiger partial charge in [-0.3, -0.25) is 5.10 Å². The van der Waals surface area contributed by atoms with Gasteiger partial charge in [-0.1, -0.05) is 12.1 Å². The third kappa shape index (κ3) is 3.11. The van der Waals surface area contributed by atoms with Gasteiger partial charge >= 0.3 is 5.97 Å². The maximum absolute atomic E-state index is 10.8. The van der Waals surface area contributed by atoms with Crippen LogP contribution in [0.3, 0.4) is 0 Å². The highest BCUT2D eigenvalue weighted by atomic mass is 32.1. The zero-order valence-electron chi connectivity index (χ0n) is 11.0. The summed E-state index contributed by atoms with van der Waals surface area (Å²) in [6.07, 6.45) is 1.72. The van der Waals surface area contributed by atoms with Gasteiger partial charge in [-0.05, 0) is 24.3 Å². The quantitative estimate of drug-likeness (QED) is 0.674. The molecule has 0 radical (unpaired) electrons. The minimum Gasteiger partial charge on any atom is -0.478 e. The van der Waals surface area contributed by atoms with Crippen LogP contribution < -0.4 is 5.32 Å².